The molecule has 0 saturated heterocycles. The lowest BCUT2D eigenvalue weighted by Crippen LogP contribution is -2.43. The van der Waals surface area contributed by atoms with Gasteiger partial charge in [0.05, 0.1) is 13.7 Å². The molecule has 4 nitrogen and oxygen atoms in total. The Bertz CT molecular complexity index is 499. The number of esters is 1. The summed E-state index contributed by atoms with van der Waals surface area (Å²) >= 11 is 0. The number of nitrogens with one attached hydrogen (secondary N) is 1. The third-order valence-corrected chi connectivity index (χ3v) is 4.00. The molecule has 1 aromatic rings. The van der Waals surface area contributed by atoms with Gasteiger partial charge in [-0.3, -0.25) is 10.1 Å². The third kappa shape index (κ3) is 3.56. The molecule has 2 atom stereocenters. The SMILES string of the molecule is COC(=O)C(NC1CCCOc2c(C)cccc21)C(C)C. The van der Waals surface area contributed by atoms with E-state index in [-0.39, 0.29) is 24.0 Å². The zero-order valence-electron chi connectivity index (χ0n) is 13.3. The Morgan fingerprint density at radius 1 is 1.43 bits per heavy atom. The van der Waals surface area contributed by atoms with Crippen LogP contribution in [0.4, 0.5) is 0 Å². The summed E-state index contributed by atoms with van der Waals surface area (Å²) in [4.78, 5) is 12.0. The largest absolute Gasteiger partial charge is 0.493 e. The number of fused-ring (bicyclic) bond motifs is 1. The number of methoxy groups -OCH3 is 1. The summed E-state index contributed by atoms with van der Waals surface area (Å²) in [7, 11) is 1.44. The number of benzene rings is 1. The van der Waals surface area contributed by atoms with E-state index in [4.69, 9.17) is 9.47 Å². The molecule has 21 heavy (non-hydrogen) atoms. The fourth-order valence-corrected chi connectivity index (χ4v) is 2.81. The van der Waals surface area contributed by atoms with Gasteiger partial charge in [0.25, 0.3) is 0 Å². The zero-order chi connectivity index (χ0) is 15.4. The van der Waals surface area contributed by atoms with Gasteiger partial charge in [0.15, 0.2) is 0 Å². The van der Waals surface area contributed by atoms with Crippen molar-refractivity contribution in [1.29, 1.82) is 0 Å². The summed E-state index contributed by atoms with van der Waals surface area (Å²) in [5.74, 6) is 0.930. The van der Waals surface area contributed by atoms with E-state index in [0.29, 0.717) is 0 Å². The number of carbonyl (C=O) groups excluding carboxylic acids is 1. The number of hydrogen-bond acceptors (Lipinski definition) is 4. The fourth-order valence-electron chi connectivity index (χ4n) is 2.81. The summed E-state index contributed by atoms with van der Waals surface area (Å²) in [6, 6.07) is 6.00. The van der Waals surface area contributed by atoms with Gasteiger partial charge in [0, 0.05) is 11.6 Å². The fraction of sp³-hybridized carbons (Fsp3) is 0.588. The molecule has 116 valence electrons. The van der Waals surface area contributed by atoms with E-state index in [1.807, 2.05) is 19.9 Å². The Balaban J connectivity index is 2.27. The molecule has 2 unspecified atom stereocenters. The maximum absolute atomic E-state index is 12.0. The van der Waals surface area contributed by atoms with E-state index in [1.165, 1.54) is 7.11 Å². The highest BCUT2D eigenvalue weighted by Crippen LogP contribution is 2.34. The highest BCUT2D eigenvalue weighted by atomic mass is 16.5. The number of para-hydroxylation sites is 1. The maximum atomic E-state index is 12.0. The van der Waals surface area contributed by atoms with E-state index in [1.54, 1.807) is 0 Å². The summed E-state index contributed by atoms with van der Waals surface area (Å²) in [6.07, 6.45) is 1.93. The molecule has 2 rings (SSSR count). The third-order valence-electron chi connectivity index (χ3n) is 4.00. The van der Waals surface area contributed by atoms with Crippen LogP contribution in [0, 0.1) is 12.8 Å². The lowest BCUT2D eigenvalue weighted by molar-refractivity contribution is -0.144. The molecule has 0 amide bonds. The van der Waals surface area contributed by atoms with Crippen LogP contribution >= 0.6 is 0 Å². The number of carbonyl (C=O) groups is 1. The van der Waals surface area contributed by atoms with Crippen LogP contribution in [0.2, 0.25) is 0 Å². The summed E-state index contributed by atoms with van der Waals surface area (Å²) in [6.45, 7) is 6.83. The molecule has 0 spiro atoms. The van der Waals surface area contributed by atoms with Crippen molar-refractivity contribution in [1.82, 2.24) is 5.32 Å². The van der Waals surface area contributed by atoms with Gasteiger partial charge in [-0.05, 0) is 31.2 Å². The first-order valence-electron chi connectivity index (χ1n) is 7.60. The van der Waals surface area contributed by atoms with Crippen LogP contribution in [-0.2, 0) is 9.53 Å². The van der Waals surface area contributed by atoms with Gasteiger partial charge in [-0.2, -0.15) is 0 Å². The second kappa shape index (κ2) is 6.94. The van der Waals surface area contributed by atoms with Crippen LogP contribution in [-0.4, -0.2) is 25.7 Å². The van der Waals surface area contributed by atoms with Gasteiger partial charge in [-0.25, -0.2) is 0 Å². The van der Waals surface area contributed by atoms with Crippen LogP contribution in [0.1, 0.15) is 43.9 Å². The number of aryl methyl sites for hydroxylation is 1. The Morgan fingerprint density at radius 3 is 2.86 bits per heavy atom. The van der Waals surface area contributed by atoms with Crippen LogP contribution in [0.3, 0.4) is 0 Å². The van der Waals surface area contributed by atoms with E-state index < -0.39 is 0 Å². The van der Waals surface area contributed by atoms with Crippen LogP contribution in [0.15, 0.2) is 18.2 Å². The molecule has 1 aliphatic rings. The van der Waals surface area contributed by atoms with Crippen molar-refractivity contribution in [3.05, 3.63) is 29.3 Å². The van der Waals surface area contributed by atoms with Crippen molar-refractivity contribution < 1.29 is 14.3 Å². The normalized spacial score (nSPS) is 19.4. The Morgan fingerprint density at radius 2 is 2.19 bits per heavy atom. The summed E-state index contributed by atoms with van der Waals surface area (Å²) in [5.41, 5.74) is 2.28. The van der Waals surface area contributed by atoms with Crippen molar-refractivity contribution in [2.45, 2.75) is 45.7 Å². The van der Waals surface area contributed by atoms with E-state index in [0.717, 1.165) is 36.3 Å². The monoisotopic (exact) mass is 291 g/mol. The van der Waals surface area contributed by atoms with Crippen molar-refractivity contribution >= 4 is 5.97 Å². The van der Waals surface area contributed by atoms with Crippen LogP contribution < -0.4 is 10.1 Å². The minimum absolute atomic E-state index is 0.119. The van der Waals surface area contributed by atoms with E-state index >= 15 is 0 Å². The maximum Gasteiger partial charge on any atom is 0.323 e. The van der Waals surface area contributed by atoms with E-state index in [2.05, 4.69) is 24.4 Å². The highest BCUT2D eigenvalue weighted by Gasteiger charge is 2.29. The molecular formula is C17H25NO3. The Kier molecular flexibility index (Phi) is 5.23. The van der Waals surface area contributed by atoms with Crippen molar-refractivity contribution in [3.63, 3.8) is 0 Å². The smallest absolute Gasteiger partial charge is 0.323 e. The predicted octanol–water partition coefficient (Wildman–Crippen LogP) is 3.00. The first-order valence-corrected chi connectivity index (χ1v) is 7.60. The molecule has 1 aliphatic heterocycles. The quantitative estimate of drug-likeness (QED) is 0.866. The average Bonchev–Trinajstić information content (AvgIpc) is 2.67. The standard InChI is InChI=1S/C17H25NO3/c1-11(2)15(17(19)20-4)18-14-9-6-10-21-16-12(3)7-5-8-13(14)16/h5,7-8,11,14-15,18H,6,9-10H2,1-4H3. The van der Waals surface area contributed by atoms with Gasteiger partial charge >= 0.3 is 5.97 Å². The molecule has 1 heterocycles. The summed E-state index contributed by atoms with van der Waals surface area (Å²) in [5, 5.41) is 3.47. The lowest BCUT2D eigenvalue weighted by atomic mass is 9.96. The first-order chi connectivity index (χ1) is 10.0. The second-order valence-corrected chi connectivity index (χ2v) is 5.95. The van der Waals surface area contributed by atoms with Gasteiger partial charge in [0.2, 0.25) is 0 Å². The van der Waals surface area contributed by atoms with Crippen molar-refractivity contribution in [2.75, 3.05) is 13.7 Å². The van der Waals surface area contributed by atoms with Gasteiger partial charge in [-0.15, -0.1) is 0 Å². The zero-order valence-corrected chi connectivity index (χ0v) is 13.3. The van der Waals surface area contributed by atoms with Gasteiger partial charge in [0.1, 0.15) is 11.8 Å². The lowest BCUT2D eigenvalue weighted by Gasteiger charge is -2.26. The molecule has 0 fully saturated rings. The number of rotatable bonds is 4. The minimum atomic E-state index is -0.300. The molecule has 0 radical (unpaired) electrons. The molecular weight excluding hydrogens is 266 g/mol. The Labute approximate surface area is 126 Å². The second-order valence-electron chi connectivity index (χ2n) is 5.95. The van der Waals surface area contributed by atoms with Crippen LogP contribution in [0.5, 0.6) is 5.75 Å². The molecule has 0 saturated carbocycles. The highest BCUT2D eigenvalue weighted by molar-refractivity contribution is 5.76. The molecule has 0 aromatic heterocycles. The molecule has 1 N–H and O–H groups in total. The van der Waals surface area contributed by atoms with Crippen molar-refractivity contribution in [2.24, 2.45) is 5.92 Å². The van der Waals surface area contributed by atoms with Gasteiger partial charge in [-0.1, -0.05) is 32.0 Å². The van der Waals surface area contributed by atoms with E-state index in [9.17, 15) is 4.79 Å². The van der Waals surface area contributed by atoms with Gasteiger partial charge < -0.3 is 9.47 Å². The molecule has 1 aromatic carbocycles. The number of hydrogen-bond donors (Lipinski definition) is 1. The van der Waals surface area contributed by atoms with Crippen molar-refractivity contribution in [3.8, 4) is 5.75 Å². The Hall–Kier alpha value is -1.55. The summed E-state index contributed by atoms with van der Waals surface area (Å²) < 4.78 is 10.8. The predicted molar refractivity (Wildman–Crippen MR) is 82.4 cm³/mol. The average molecular weight is 291 g/mol. The first kappa shape index (κ1) is 15.8. The molecule has 0 aliphatic carbocycles. The minimum Gasteiger partial charge on any atom is -0.493 e. The molecule has 0 bridgehead atoms. The topological polar surface area (TPSA) is 47.6 Å². The number of ether oxygens (including phenoxy) is 2. The van der Waals surface area contributed by atoms with Crippen LogP contribution in [0.25, 0.3) is 0 Å². The molecule has 4 heteroatoms.